The van der Waals surface area contributed by atoms with E-state index >= 15 is 0 Å². The maximum Gasteiger partial charge on any atom is 0.185 e. The van der Waals surface area contributed by atoms with Gasteiger partial charge in [-0.15, -0.1) is 10.2 Å². The molecule has 7 heteroatoms. The minimum atomic E-state index is -0.971. The molecule has 17 heavy (non-hydrogen) atoms. The van der Waals surface area contributed by atoms with Crippen LogP contribution in [-0.2, 0) is 0 Å². The van der Waals surface area contributed by atoms with E-state index in [9.17, 15) is 8.78 Å². The van der Waals surface area contributed by atoms with E-state index in [1.807, 2.05) is 0 Å². The number of aryl methyl sites for hydroxylation is 1. The van der Waals surface area contributed by atoms with E-state index in [-0.39, 0.29) is 5.15 Å². The fourth-order valence-electron chi connectivity index (χ4n) is 1.69. The van der Waals surface area contributed by atoms with Crippen LogP contribution in [0.25, 0.3) is 16.4 Å². The van der Waals surface area contributed by atoms with Crippen molar-refractivity contribution in [1.29, 1.82) is 0 Å². The molecule has 2 heterocycles. The third kappa shape index (κ3) is 1.37. The highest BCUT2D eigenvalue weighted by atomic mass is 35.5. The molecule has 1 aromatic carbocycles. The van der Waals surface area contributed by atoms with Crippen LogP contribution in [0.1, 0.15) is 5.82 Å². The fraction of sp³-hybridized carbons (Fsp3) is 0.100. The van der Waals surface area contributed by atoms with Gasteiger partial charge in [-0.25, -0.2) is 8.78 Å². The summed E-state index contributed by atoms with van der Waals surface area (Å²) >= 11 is 5.91. The molecule has 0 spiro atoms. The Balaban J connectivity index is 2.60. The Kier molecular flexibility index (Phi) is 2.03. The quantitative estimate of drug-likeness (QED) is 0.619. The lowest BCUT2D eigenvalue weighted by atomic mass is 10.2. The Hall–Kier alpha value is -1.82. The Morgan fingerprint density at radius 3 is 2.47 bits per heavy atom. The monoisotopic (exact) mass is 254 g/mol. The van der Waals surface area contributed by atoms with Gasteiger partial charge in [0.2, 0.25) is 0 Å². The van der Waals surface area contributed by atoms with Crippen molar-refractivity contribution >= 4 is 28.0 Å². The van der Waals surface area contributed by atoms with E-state index in [1.54, 1.807) is 6.92 Å². The van der Waals surface area contributed by atoms with E-state index in [0.717, 1.165) is 12.1 Å². The molecule has 3 aromatic rings. The molecule has 0 bridgehead atoms. The third-order valence-electron chi connectivity index (χ3n) is 2.51. The SMILES string of the molecule is Cc1nnc2c3cc(F)c(F)cc3c(Cl)nn12. The van der Waals surface area contributed by atoms with Crippen LogP contribution in [0.15, 0.2) is 12.1 Å². The molecule has 0 atom stereocenters. The molecule has 4 nitrogen and oxygen atoms in total. The normalized spacial score (nSPS) is 11.5. The molecular weight excluding hydrogens is 250 g/mol. The van der Waals surface area contributed by atoms with E-state index in [1.165, 1.54) is 4.52 Å². The van der Waals surface area contributed by atoms with Crippen molar-refractivity contribution in [3.63, 3.8) is 0 Å². The zero-order valence-electron chi connectivity index (χ0n) is 8.58. The standard InChI is InChI=1S/C10H5ClF2N4/c1-4-14-15-10-6-3-8(13)7(12)2-5(6)9(11)16-17(4)10/h2-3H,1H3. The molecule has 0 radical (unpaired) electrons. The van der Waals surface area contributed by atoms with Gasteiger partial charge in [-0.2, -0.15) is 9.61 Å². The summed E-state index contributed by atoms with van der Waals surface area (Å²) in [5.74, 6) is -1.40. The molecule has 0 N–H and O–H groups in total. The van der Waals surface area contributed by atoms with Crippen molar-refractivity contribution in [3.8, 4) is 0 Å². The lowest BCUT2D eigenvalue weighted by Crippen LogP contribution is -1.97. The number of hydrogen-bond acceptors (Lipinski definition) is 3. The van der Waals surface area contributed by atoms with Crippen molar-refractivity contribution in [2.24, 2.45) is 0 Å². The molecule has 0 fully saturated rings. The van der Waals surface area contributed by atoms with Crippen LogP contribution in [0, 0.1) is 18.6 Å². The summed E-state index contributed by atoms with van der Waals surface area (Å²) in [5, 5.41) is 12.4. The molecule has 0 amide bonds. The predicted molar refractivity (Wildman–Crippen MR) is 58.0 cm³/mol. The second-order valence-electron chi connectivity index (χ2n) is 3.59. The molecule has 3 rings (SSSR count). The van der Waals surface area contributed by atoms with Crippen LogP contribution in [0.5, 0.6) is 0 Å². The molecule has 2 aromatic heterocycles. The highest BCUT2D eigenvalue weighted by Crippen LogP contribution is 2.26. The molecule has 0 aliphatic heterocycles. The van der Waals surface area contributed by atoms with Crippen molar-refractivity contribution in [2.75, 3.05) is 0 Å². The number of rotatable bonds is 0. The summed E-state index contributed by atoms with van der Waals surface area (Å²) in [6.45, 7) is 1.69. The topological polar surface area (TPSA) is 43.1 Å². The van der Waals surface area contributed by atoms with E-state index in [2.05, 4.69) is 15.3 Å². The first kappa shape index (κ1) is 10.3. The molecule has 0 aliphatic rings. The second kappa shape index (κ2) is 3.33. The summed E-state index contributed by atoms with van der Waals surface area (Å²) in [7, 11) is 0. The average Bonchev–Trinajstić information content (AvgIpc) is 2.64. The van der Waals surface area contributed by atoms with Crippen LogP contribution >= 0.6 is 11.6 Å². The van der Waals surface area contributed by atoms with Gasteiger partial charge >= 0.3 is 0 Å². The largest absolute Gasteiger partial charge is 0.204 e. The van der Waals surface area contributed by atoms with E-state index in [4.69, 9.17) is 11.6 Å². The molecule has 0 unspecified atom stereocenters. The summed E-state index contributed by atoms with van der Waals surface area (Å²) in [5.41, 5.74) is 0.348. The van der Waals surface area contributed by atoms with Crippen molar-refractivity contribution in [3.05, 3.63) is 34.7 Å². The Bertz CT molecular complexity index is 753. The lowest BCUT2D eigenvalue weighted by Gasteiger charge is -2.03. The lowest BCUT2D eigenvalue weighted by molar-refractivity contribution is 0.511. The summed E-state index contributed by atoms with van der Waals surface area (Å²) < 4.78 is 27.7. The van der Waals surface area contributed by atoms with Gasteiger partial charge in [0.1, 0.15) is 0 Å². The molecule has 86 valence electrons. The van der Waals surface area contributed by atoms with Crippen molar-refractivity contribution in [1.82, 2.24) is 19.8 Å². The molecule has 0 saturated carbocycles. The Morgan fingerprint density at radius 1 is 1.12 bits per heavy atom. The minimum absolute atomic E-state index is 0.0781. The maximum absolute atomic E-state index is 13.2. The second-order valence-corrected chi connectivity index (χ2v) is 3.94. The summed E-state index contributed by atoms with van der Waals surface area (Å²) in [4.78, 5) is 0. The molecule has 0 aliphatic carbocycles. The minimum Gasteiger partial charge on any atom is -0.204 e. The maximum atomic E-state index is 13.2. The number of fused-ring (bicyclic) bond motifs is 3. The molecule has 0 saturated heterocycles. The highest BCUT2D eigenvalue weighted by molar-refractivity contribution is 6.34. The fourth-order valence-corrected chi connectivity index (χ4v) is 1.92. The van der Waals surface area contributed by atoms with Crippen LogP contribution in [-0.4, -0.2) is 19.8 Å². The molecular formula is C10H5ClF2N4. The smallest absolute Gasteiger partial charge is 0.185 e. The van der Waals surface area contributed by atoms with Gasteiger partial charge in [-0.05, 0) is 19.1 Å². The van der Waals surface area contributed by atoms with Crippen LogP contribution < -0.4 is 0 Å². The first-order valence-corrected chi connectivity index (χ1v) is 5.12. The van der Waals surface area contributed by atoms with Crippen LogP contribution in [0.4, 0.5) is 8.78 Å². The first-order valence-electron chi connectivity index (χ1n) is 4.74. The van der Waals surface area contributed by atoms with Crippen LogP contribution in [0.2, 0.25) is 5.15 Å². The van der Waals surface area contributed by atoms with E-state index < -0.39 is 11.6 Å². The average molecular weight is 255 g/mol. The van der Waals surface area contributed by atoms with Gasteiger partial charge in [-0.1, -0.05) is 11.6 Å². The van der Waals surface area contributed by atoms with Crippen molar-refractivity contribution in [2.45, 2.75) is 6.92 Å². The zero-order chi connectivity index (χ0) is 12.2. The van der Waals surface area contributed by atoms with Gasteiger partial charge in [-0.3, -0.25) is 0 Å². The number of benzene rings is 1. The highest BCUT2D eigenvalue weighted by Gasteiger charge is 2.14. The number of nitrogens with zero attached hydrogens (tertiary/aromatic N) is 4. The van der Waals surface area contributed by atoms with Gasteiger partial charge < -0.3 is 0 Å². The van der Waals surface area contributed by atoms with Gasteiger partial charge in [0, 0.05) is 10.8 Å². The number of halogens is 3. The van der Waals surface area contributed by atoms with Gasteiger partial charge in [0.15, 0.2) is 28.3 Å². The van der Waals surface area contributed by atoms with Gasteiger partial charge in [0.05, 0.1) is 0 Å². The Morgan fingerprint density at radius 2 is 1.76 bits per heavy atom. The van der Waals surface area contributed by atoms with Crippen LogP contribution in [0.3, 0.4) is 0 Å². The predicted octanol–water partition coefficient (Wildman–Crippen LogP) is 2.52. The number of hydrogen-bond donors (Lipinski definition) is 0. The van der Waals surface area contributed by atoms with Gasteiger partial charge in [0.25, 0.3) is 0 Å². The zero-order valence-corrected chi connectivity index (χ0v) is 9.33. The first-order chi connectivity index (χ1) is 8.08. The van der Waals surface area contributed by atoms with E-state index in [0.29, 0.717) is 22.2 Å². The van der Waals surface area contributed by atoms with Crippen molar-refractivity contribution < 1.29 is 8.78 Å². The summed E-state index contributed by atoms with van der Waals surface area (Å²) in [6.07, 6.45) is 0. The third-order valence-corrected chi connectivity index (χ3v) is 2.79. The number of aromatic nitrogens is 4. The summed E-state index contributed by atoms with van der Waals surface area (Å²) in [6, 6.07) is 2.05. The Labute approximate surface area is 98.8 Å².